The van der Waals surface area contributed by atoms with E-state index in [1.54, 1.807) is 0 Å². The fourth-order valence-corrected chi connectivity index (χ4v) is 3.27. The van der Waals surface area contributed by atoms with E-state index in [9.17, 15) is 0 Å². The Kier molecular flexibility index (Phi) is 4.03. The third-order valence-electron chi connectivity index (χ3n) is 4.38. The molecule has 2 aromatic carbocycles. The van der Waals surface area contributed by atoms with Crippen LogP contribution in [0.4, 0.5) is 0 Å². The van der Waals surface area contributed by atoms with Crippen molar-refractivity contribution in [2.24, 2.45) is 0 Å². The van der Waals surface area contributed by atoms with E-state index in [0.717, 1.165) is 12.1 Å². The van der Waals surface area contributed by atoms with Gasteiger partial charge >= 0.3 is 0 Å². The second-order valence-electron chi connectivity index (χ2n) is 5.83. The molecule has 0 amide bonds. The van der Waals surface area contributed by atoms with E-state index in [1.807, 2.05) is 12.1 Å². The zero-order valence-electron chi connectivity index (χ0n) is 12.4. The number of rotatable bonds is 3. The first-order valence-corrected chi connectivity index (χ1v) is 7.55. The maximum absolute atomic E-state index is 8.86. The van der Waals surface area contributed by atoms with Gasteiger partial charge in [-0.25, -0.2) is 0 Å². The predicted octanol–water partition coefficient (Wildman–Crippen LogP) is 4.07. The lowest BCUT2D eigenvalue weighted by Gasteiger charge is -2.33. The number of aryl methyl sites for hydroxylation is 1. The molecular formula is C19H20N2. The Hall–Kier alpha value is -2.11. The highest BCUT2D eigenvalue weighted by molar-refractivity contribution is 5.33. The quantitative estimate of drug-likeness (QED) is 0.845. The molecule has 0 fully saturated rings. The van der Waals surface area contributed by atoms with Crippen molar-refractivity contribution in [1.82, 2.24) is 4.90 Å². The highest BCUT2D eigenvalue weighted by atomic mass is 15.1. The number of nitriles is 1. The van der Waals surface area contributed by atoms with E-state index < -0.39 is 0 Å². The van der Waals surface area contributed by atoms with Crippen LogP contribution in [0, 0.1) is 11.3 Å². The van der Waals surface area contributed by atoms with Gasteiger partial charge in [-0.15, -0.1) is 0 Å². The lowest BCUT2D eigenvalue weighted by molar-refractivity contribution is 0.213. The fraction of sp³-hybridized carbons (Fsp3) is 0.316. The first-order chi connectivity index (χ1) is 10.3. The summed E-state index contributed by atoms with van der Waals surface area (Å²) in [7, 11) is 2.20. The van der Waals surface area contributed by atoms with Crippen molar-refractivity contribution >= 4 is 0 Å². The predicted molar refractivity (Wildman–Crippen MR) is 84.7 cm³/mol. The van der Waals surface area contributed by atoms with Crippen molar-refractivity contribution in [1.29, 1.82) is 5.26 Å². The van der Waals surface area contributed by atoms with Gasteiger partial charge in [0.15, 0.2) is 0 Å². The molecule has 0 saturated heterocycles. The molecule has 21 heavy (non-hydrogen) atoms. The lowest BCUT2D eigenvalue weighted by Crippen LogP contribution is -2.27. The van der Waals surface area contributed by atoms with E-state index in [4.69, 9.17) is 5.26 Å². The van der Waals surface area contributed by atoms with E-state index in [0.29, 0.717) is 6.04 Å². The largest absolute Gasteiger partial charge is 0.295 e. The standard InChI is InChI=1S/C19H20N2/c1-21(14-16-11-9-15(13-20)10-12-16)19-8-4-6-17-5-2-3-7-18(17)19/h2-3,5,7,9-12,19H,4,6,8,14H2,1H3/t19-/m1/s1. The second kappa shape index (κ2) is 6.11. The van der Waals surface area contributed by atoms with Crippen LogP contribution in [0.5, 0.6) is 0 Å². The lowest BCUT2D eigenvalue weighted by atomic mass is 9.87. The van der Waals surface area contributed by atoms with Crippen LogP contribution in [0.25, 0.3) is 0 Å². The molecule has 2 nitrogen and oxygen atoms in total. The molecule has 1 aliphatic carbocycles. The van der Waals surface area contributed by atoms with Crippen LogP contribution in [0.2, 0.25) is 0 Å². The Bertz CT molecular complexity index is 652. The molecule has 2 aromatic rings. The van der Waals surface area contributed by atoms with Crippen LogP contribution in [-0.4, -0.2) is 11.9 Å². The zero-order valence-corrected chi connectivity index (χ0v) is 12.4. The van der Waals surface area contributed by atoms with Gasteiger partial charge < -0.3 is 0 Å². The molecule has 0 aliphatic heterocycles. The van der Waals surface area contributed by atoms with Gasteiger partial charge in [0.05, 0.1) is 11.6 Å². The Labute approximate surface area is 126 Å². The zero-order chi connectivity index (χ0) is 14.7. The smallest absolute Gasteiger partial charge is 0.0991 e. The van der Waals surface area contributed by atoms with Gasteiger partial charge in [0.2, 0.25) is 0 Å². The number of hydrogen-bond acceptors (Lipinski definition) is 2. The van der Waals surface area contributed by atoms with Gasteiger partial charge in [-0.3, -0.25) is 4.90 Å². The van der Waals surface area contributed by atoms with Gasteiger partial charge in [-0.05, 0) is 55.1 Å². The Morgan fingerprint density at radius 3 is 2.67 bits per heavy atom. The average Bonchev–Trinajstić information content (AvgIpc) is 2.55. The molecule has 0 aromatic heterocycles. The number of hydrogen-bond donors (Lipinski definition) is 0. The van der Waals surface area contributed by atoms with Crippen molar-refractivity contribution in [3.8, 4) is 6.07 Å². The minimum Gasteiger partial charge on any atom is -0.295 e. The fourth-order valence-electron chi connectivity index (χ4n) is 3.27. The molecule has 0 saturated carbocycles. The molecule has 106 valence electrons. The van der Waals surface area contributed by atoms with Crippen molar-refractivity contribution in [3.05, 3.63) is 70.8 Å². The second-order valence-corrected chi connectivity index (χ2v) is 5.83. The topological polar surface area (TPSA) is 27.0 Å². The van der Waals surface area contributed by atoms with Crippen LogP contribution < -0.4 is 0 Å². The van der Waals surface area contributed by atoms with E-state index in [1.165, 1.54) is 36.0 Å². The van der Waals surface area contributed by atoms with Crippen molar-refractivity contribution in [2.75, 3.05) is 7.05 Å². The Balaban J connectivity index is 1.76. The van der Waals surface area contributed by atoms with Crippen LogP contribution in [0.15, 0.2) is 48.5 Å². The van der Waals surface area contributed by atoms with Crippen molar-refractivity contribution in [3.63, 3.8) is 0 Å². The molecular weight excluding hydrogens is 256 g/mol. The molecule has 0 spiro atoms. The summed E-state index contributed by atoms with van der Waals surface area (Å²) in [5, 5.41) is 8.86. The maximum atomic E-state index is 8.86. The SMILES string of the molecule is CN(Cc1ccc(C#N)cc1)[C@@H]1CCCc2ccccc21. The molecule has 1 atom stereocenters. The van der Waals surface area contributed by atoms with Gasteiger partial charge in [-0.2, -0.15) is 5.26 Å². The van der Waals surface area contributed by atoms with E-state index in [2.05, 4.69) is 54.4 Å². The summed E-state index contributed by atoms with van der Waals surface area (Å²) in [6.07, 6.45) is 3.70. The Morgan fingerprint density at radius 2 is 1.90 bits per heavy atom. The van der Waals surface area contributed by atoms with Gasteiger partial charge in [0, 0.05) is 12.6 Å². The molecule has 0 radical (unpaired) electrons. The average molecular weight is 276 g/mol. The minimum atomic E-state index is 0.505. The number of benzene rings is 2. The van der Waals surface area contributed by atoms with Gasteiger partial charge in [0.1, 0.15) is 0 Å². The summed E-state index contributed by atoms with van der Waals surface area (Å²) in [6.45, 7) is 0.921. The molecule has 2 heteroatoms. The molecule has 0 N–H and O–H groups in total. The summed E-state index contributed by atoms with van der Waals surface area (Å²) < 4.78 is 0. The van der Waals surface area contributed by atoms with Crippen molar-refractivity contribution < 1.29 is 0 Å². The first kappa shape index (κ1) is 13.9. The first-order valence-electron chi connectivity index (χ1n) is 7.55. The van der Waals surface area contributed by atoms with Gasteiger partial charge in [0.25, 0.3) is 0 Å². The third kappa shape index (κ3) is 2.99. The summed E-state index contributed by atoms with van der Waals surface area (Å²) >= 11 is 0. The summed E-state index contributed by atoms with van der Waals surface area (Å²) in [5.41, 5.74) is 4.98. The van der Waals surface area contributed by atoms with Crippen molar-refractivity contribution in [2.45, 2.75) is 31.8 Å². The Morgan fingerprint density at radius 1 is 1.14 bits per heavy atom. The van der Waals surface area contributed by atoms with Crippen LogP contribution in [-0.2, 0) is 13.0 Å². The molecule has 3 rings (SSSR count). The summed E-state index contributed by atoms with van der Waals surface area (Å²) in [4.78, 5) is 2.43. The summed E-state index contributed by atoms with van der Waals surface area (Å²) in [5.74, 6) is 0. The number of nitrogens with zero attached hydrogens (tertiary/aromatic N) is 2. The maximum Gasteiger partial charge on any atom is 0.0991 e. The third-order valence-corrected chi connectivity index (χ3v) is 4.38. The monoisotopic (exact) mass is 276 g/mol. The van der Waals surface area contributed by atoms with Gasteiger partial charge in [-0.1, -0.05) is 36.4 Å². The molecule has 1 aliphatic rings. The van der Waals surface area contributed by atoms with Crippen LogP contribution in [0.1, 0.15) is 41.1 Å². The van der Waals surface area contributed by atoms with E-state index >= 15 is 0 Å². The van der Waals surface area contributed by atoms with E-state index in [-0.39, 0.29) is 0 Å². The normalized spacial score (nSPS) is 17.3. The molecule has 0 heterocycles. The molecule has 0 bridgehead atoms. The van der Waals surface area contributed by atoms with Crippen LogP contribution in [0.3, 0.4) is 0 Å². The van der Waals surface area contributed by atoms with Crippen LogP contribution >= 0.6 is 0 Å². The summed E-state index contributed by atoms with van der Waals surface area (Å²) in [6, 6.07) is 19.4. The minimum absolute atomic E-state index is 0.505. The number of fused-ring (bicyclic) bond motifs is 1. The molecule has 0 unspecified atom stereocenters. The highest BCUT2D eigenvalue weighted by Gasteiger charge is 2.23. The highest BCUT2D eigenvalue weighted by Crippen LogP contribution is 2.34.